The fourth-order valence-electron chi connectivity index (χ4n) is 2.11. The summed E-state index contributed by atoms with van der Waals surface area (Å²) in [5, 5.41) is 14.1. The molecule has 0 aromatic carbocycles. The Morgan fingerprint density at radius 1 is 1.10 bits per heavy atom. The van der Waals surface area contributed by atoms with Gasteiger partial charge in [0.1, 0.15) is 16.5 Å². The van der Waals surface area contributed by atoms with Gasteiger partial charge in [-0.1, -0.05) is 11.3 Å². The molecule has 0 spiro atoms. The summed E-state index contributed by atoms with van der Waals surface area (Å²) in [7, 11) is 0. The van der Waals surface area contributed by atoms with E-state index < -0.39 is 0 Å². The van der Waals surface area contributed by atoms with Gasteiger partial charge < -0.3 is 9.73 Å². The van der Waals surface area contributed by atoms with Crippen molar-refractivity contribution in [2.45, 2.75) is 53.5 Å². The monoisotopic (exact) mass is 293 g/mol. The molecule has 2 heterocycles. The smallest absolute Gasteiger partial charge is 0.151 e. The predicted octanol–water partition coefficient (Wildman–Crippen LogP) is 3.65. The standard InChI is InChI=1S/C15H23N3OS/c1-9-10(2)19-11(3)13(9)14-18-17-12(20-14)7-8-16-15(4,5)6/h16H,7-8H2,1-6H3. The Balaban J connectivity index is 2.09. The first kappa shape index (κ1) is 15.2. The van der Waals surface area contributed by atoms with Gasteiger partial charge >= 0.3 is 0 Å². The molecule has 4 nitrogen and oxygen atoms in total. The lowest BCUT2D eigenvalue weighted by molar-refractivity contribution is 0.429. The van der Waals surface area contributed by atoms with E-state index in [2.05, 4.69) is 43.2 Å². The largest absolute Gasteiger partial charge is 0.466 e. The number of aromatic nitrogens is 2. The molecule has 2 aromatic heterocycles. The molecule has 2 rings (SSSR count). The first-order chi connectivity index (χ1) is 9.28. The molecule has 0 aliphatic rings. The van der Waals surface area contributed by atoms with Crippen molar-refractivity contribution in [3.8, 4) is 10.6 Å². The second-order valence-corrected chi connectivity index (χ2v) is 7.20. The second-order valence-electron chi connectivity index (χ2n) is 6.14. The summed E-state index contributed by atoms with van der Waals surface area (Å²) in [5.41, 5.74) is 2.41. The summed E-state index contributed by atoms with van der Waals surface area (Å²) in [6.07, 6.45) is 0.907. The van der Waals surface area contributed by atoms with E-state index in [0.29, 0.717) is 0 Å². The summed E-state index contributed by atoms with van der Waals surface area (Å²) in [6.45, 7) is 13.5. The fourth-order valence-corrected chi connectivity index (χ4v) is 3.10. The van der Waals surface area contributed by atoms with E-state index in [0.717, 1.165) is 45.6 Å². The van der Waals surface area contributed by atoms with Crippen LogP contribution in [0.15, 0.2) is 4.42 Å². The van der Waals surface area contributed by atoms with E-state index in [4.69, 9.17) is 4.42 Å². The molecule has 0 radical (unpaired) electrons. The molecule has 0 saturated heterocycles. The third kappa shape index (κ3) is 3.46. The van der Waals surface area contributed by atoms with Crippen molar-refractivity contribution < 1.29 is 4.42 Å². The predicted molar refractivity (Wildman–Crippen MR) is 83.3 cm³/mol. The number of hydrogen-bond donors (Lipinski definition) is 1. The zero-order valence-electron chi connectivity index (χ0n) is 13.1. The van der Waals surface area contributed by atoms with Crippen LogP contribution in [0.1, 0.15) is 42.9 Å². The van der Waals surface area contributed by atoms with Gasteiger partial charge in [-0.05, 0) is 41.5 Å². The molecular weight excluding hydrogens is 270 g/mol. The highest BCUT2D eigenvalue weighted by molar-refractivity contribution is 7.14. The number of hydrogen-bond acceptors (Lipinski definition) is 5. The number of furan rings is 1. The van der Waals surface area contributed by atoms with Crippen molar-refractivity contribution in [2.24, 2.45) is 0 Å². The molecule has 0 unspecified atom stereocenters. The van der Waals surface area contributed by atoms with Crippen LogP contribution in [0.3, 0.4) is 0 Å². The Bertz CT molecular complexity index is 593. The average molecular weight is 293 g/mol. The minimum absolute atomic E-state index is 0.141. The highest BCUT2D eigenvalue weighted by Crippen LogP contribution is 2.33. The van der Waals surface area contributed by atoms with Crippen LogP contribution in [0, 0.1) is 20.8 Å². The highest BCUT2D eigenvalue weighted by Gasteiger charge is 2.17. The van der Waals surface area contributed by atoms with E-state index >= 15 is 0 Å². The Labute approximate surface area is 124 Å². The van der Waals surface area contributed by atoms with Gasteiger partial charge in [0.15, 0.2) is 5.01 Å². The molecule has 0 saturated carbocycles. The second kappa shape index (κ2) is 5.66. The van der Waals surface area contributed by atoms with Crippen LogP contribution in [0.4, 0.5) is 0 Å². The topological polar surface area (TPSA) is 51.0 Å². The average Bonchev–Trinajstić information content (AvgIpc) is 2.84. The van der Waals surface area contributed by atoms with Crippen molar-refractivity contribution >= 4 is 11.3 Å². The van der Waals surface area contributed by atoms with Gasteiger partial charge in [0.25, 0.3) is 0 Å². The molecule has 0 atom stereocenters. The van der Waals surface area contributed by atoms with Gasteiger partial charge in [0.05, 0.1) is 5.56 Å². The summed E-state index contributed by atoms with van der Waals surface area (Å²) in [5.74, 6) is 1.89. The molecule has 20 heavy (non-hydrogen) atoms. The molecule has 1 N–H and O–H groups in total. The zero-order valence-corrected chi connectivity index (χ0v) is 13.9. The van der Waals surface area contributed by atoms with Crippen molar-refractivity contribution in [1.82, 2.24) is 15.5 Å². The van der Waals surface area contributed by atoms with Crippen molar-refractivity contribution in [3.05, 3.63) is 22.1 Å². The Morgan fingerprint density at radius 2 is 1.80 bits per heavy atom. The summed E-state index contributed by atoms with van der Waals surface area (Å²) >= 11 is 1.66. The maximum atomic E-state index is 5.66. The van der Waals surface area contributed by atoms with Crippen LogP contribution in [-0.2, 0) is 6.42 Å². The molecule has 110 valence electrons. The van der Waals surface area contributed by atoms with E-state index in [9.17, 15) is 0 Å². The third-order valence-corrected chi connectivity index (χ3v) is 4.24. The molecule has 0 fully saturated rings. The van der Waals surface area contributed by atoms with Gasteiger partial charge in [0.2, 0.25) is 0 Å². The van der Waals surface area contributed by atoms with Crippen molar-refractivity contribution in [3.63, 3.8) is 0 Å². The maximum Gasteiger partial charge on any atom is 0.151 e. The van der Waals surface area contributed by atoms with Crippen LogP contribution < -0.4 is 5.32 Å². The van der Waals surface area contributed by atoms with E-state index in [1.165, 1.54) is 0 Å². The molecule has 0 bridgehead atoms. The summed E-state index contributed by atoms with van der Waals surface area (Å²) < 4.78 is 5.66. The molecular formula is C15H23N3OS. The first-order valence-corrected chi connectivity index (χ1v) is 7.74. The highest BCUT2D eigenvalue weighted by atomic mass is 32.1. The van der Waals surface area contributed by atoms with Crippen LogP contribution in [0.25, 0.3) is 10.6 Å². The Kier molecular flexibility index (Phi) is 4.30. The Hall–Kier alpha value is -1.20. The van der Waals surface area contributed by atoms with Crippen LogP contribution >= 0.6 is 11.3 Å². The quantitative estimate of drug-likeness (QED) is 0.934. The van der Waals surface area contributed by atoms with Crippen LogP contribution in [-0.4, -0.2) is 22.3 Å². The molecule has 2 aromatic rings. The lowest BCUT2D eigenvalue weighted by Gasteiger charge is -2.19. The van der Waals surface area contributed by atoms with E-state index in [1.54, 1.807) is 11.3 Å². The minimum atomic E-state index is 0.141. The van der Waals surface area contributed by atoms with Gasteiger partial charge in [0, 0.05) is 24.1 Å². The molecule has 0 aliphatic heterocycles. The third-order valence-electron chi connectivity index (χ3n) is 3.24. The lowest BCUT2D eigenvalue weighted by atomic mass is 10.1. The van der Waals surface area contributed by atoms with Crippen molar-refractivity contribution in [1.29, 1.82) is 0 Å². The summed E-state index contributed by atoms with van der Waals surface area (Å²) in [6, 6.07) is 0. The van der Waals surface area contributed by atoms with Crippen molar-refractivity contribution in [2.75, 3.05) is 6.54 Å². The SMILES string of the molecule is Cc1oc(C)c(-c2nnc(CCNC(C)(C)C)s2)c1C. The molecule has 5 heteroatoms. The normalized spacial score (nSPS) is 12.1. The zero-order chi connectivity index (χ0) is 14.9. The minimum Gasteiger partial charge on any atom is -0.466 e. The molecule has 0 aliphatic carbocycles. The number of nitrogens with one attached hydrogen (secondary N) is 1. The maximum absolute atomic E-state index is 5.66. The van der Waals surface area contributed by atoms with E-state index in [-0.39, 0.29) is 5.54 Å². The van der Waals surface area contributed by atoms with Gasteiger partial charge in [-0.2, -0.15) is 0 Å². The molecule has 0 amide bonds. The first-order valence-electron chi connectivity index (χ1n) is 6.92. The van der Waals surface area contributed by atoms with E-state index in [1.807, 2.05) is 13.8 Å². The number of aryl methyl sites for hydroxylation is 2. The number of nitrogens with zero attached hydrogens (tertiary/aromatic N) is 2. The van der Waals surface area contributed by atoms with Gasteiger partial charge in [-0.3, -0.25) is 0 Å². The number of rotatable bonds is 4. The fraction of sp³-hybridized carbons (Fsp3) is 0.600. The van der Waals surface area contributed by atoms with Gasteiger partial charge in [-0.25, -0.2) is 0 Å². The summed E-state index contributed by atoms with van der Waals surface area (Å²) in [4.78, 5) is 0. The Morgan fingerprint density at radius 3 is 2.35 bits per heavy atom. The van der Waals surface area contributed by atoms with Crippen LogP contribution in [0.5, 0.6) is 0 Å². The van der Waals surface area contributed by atoms with Crippen LogP contribution in [0.2, 0.25) is 0 Å². The lowest BCUT2D eigenvalue weighted by Crippen LogP contribution is -2.37. The van der Waals surface area contributed by atoms with Gasteiger partial charge in [-0.15, -0.1) is 10.2 Å².